The Balaban J connectivity index is 2.35. The molecule has 6 nitrogen and oxygen atoms in total. The molecule has 1 fully saturated rings. The minimum atomic E-state index is -0.510. The molecule has 0 spiro atoms. The third-order valence-electron chi connectivity index (χ3n) is 4.38. The van der Waals surface area contributed by atoms with Gasteiger partial charge in [-0.15, -0.1) is 0 Å². The minimum Gasteiger partial charge on any atom is -0.396 e. The molecule has 6 heteroatoms. The van der Waals surface area contributed by atoms with Crippen LogP contribution in [-0.4, -0.2) is 72.1 Å². The molecule has 0 aliphatic carbocycles. The largest absolute Gasteiger partial charge is 0.396 e. The van der Waals surface area contributed by atoms with E-state index in [0.717, 1.165) is 45.3 Å². The van der Waals surface area contributed by atoms with E-state index in [1.807, 2.05) is 0 Å². The van der Waals surface area contributed by atoms with E-state index in [1.165, 1.54) is 0 Å². The summed E-state index contributed by atoms with van der Waals surface area (Å²) in [7, 11) is 0. The first kappa shape index (κ1) is 18.9. The summed E-state index contributed by atoms with van der Waals surface area (Å²) in [5, 5.41) is 11.8. The van der Waals surface area contributed by atoms with Crippen molar-refractivity contribution >= 4 is 11.8 Å². The Labute approximate surface area is 133 Å². The van der Waals surface area contributed by atoms with Crippen molar-refractivity contribution < 1.29 is 14.7 Å². The van der Waals surface area contributed by atoms with Crippen molar-refractivity contribution in [2.24, 2.45) is 0 Å². The van der Waals surface area contributed by atoms with Crippen molar-refractivity contribution in [2.45, 2.75) is 52.0 Å². The number of piperidine rings is 1. The highest BCUT2D eigenvalue weighted by molar-refractivity contribution is 6.35. The first-order valence-electron chi connectivity index (χ1n) is 8.56. The second-order valence-corrected chi connectivity index (χ2v) is 5.80. The molecule has 0 aromatic carbocycles. The summed E-state index contributed by atoms with van der Waals surface area (Å²) < 4.78 is 0. The van der Waals surface area contributed by atoms with Crippen LogP contribution in [0.4, 0.5) is 0 Å². The Morgan fingerprint density at radius 1 is 1.27 bits per heavy atom. The molecular weight excluding hydrogens is 282 g/mol. The third-order valence-corrected chi connectivity index (χ3v) is 4.38. The van der Waals surface area contributed by atoms with Gasteiger partial charge in [0, 0.05) is 25.7 Å². The number of aliphatic hydroxyl groups is 1. The van der Waals surface area contributed by atoms with Crippen molar-refractivity contribution in [2.75, 3.05) is 39.3 Å². The molecule has 2 amide bonds. The Bertz CT molecular complexity index is 344. The number of hydrogen-bond donors (Lipinski definition) is 2. The molecule has 1 saturated heterocycles. The molecule has 22 heavy (non-hydrogen) atoms. The molecule has 1 heterocycles. The number of aliphatic hydroxyl groups excluding tert-OH is 1. The third kappa shape index (κ3) is 5.93. The monoisotopic (exact) mass is 313 g/mol. The molecule has 0 aromatic heterocycles. The first-order valence-corrected chi connectivity index (χ1v) is 8.56. The van der Waals surface area contributed by atoms with Gasteiger partial charge in [0.1, 0.15) is 0 Å². The number of nitrogens with one attached hydrogen (secondary N) is 1. The maximum atomic E-state index is 12.2. The van der Waals surface area contributed by atoms with Gasteiger partial charge in [-0.3, -0.25) is 9.59 Å². The number of likely N-dealkylation sites (tertiary alicyclic amines) is 1. The fourth-order valence-electron chi connectivity index (χ4n) is 2.97. The van der Waals surface area contributed by atoms with Crippen LogP contribution in [0.15, 0.2) is 0 Å². The van der Waals surface area contributed by atoms with E-state index in [1.54, 1.807) is 4.90 Å². The molecule has 2 N–H and O–H groups in total. The number of hydrogen-bond acceptors (Lipinski definition) is 4. The van der Waals surface area contributed by atoms with Crippen LogP contribution < -0.4 is 5.32 Å². The standard InChI is InChI=1S/C16H31N3O3/c1-3-18(4-2)11-7-10-17-15(21)16(22)19-12-6-5-8-14(19)9-13-20/h14,20H,3-13H2,1-2H3,(H,17,21). The topological polar surface area (TPSA) is 72.9 Å². The number of amides is 2. The fraction of sp³-hybridized carbons (Fsp3) is 0.875. The van der Waals surface area contributed by atoms with Gasteiger partial charge in [-0.05, 0) is 51.7 Å². The molecule has 0 aromatic rings. The first-order chi connectivity index (χ1) is 10.6. The number of carbonyl (C=O) groups excluding carboxylic acids is 2. The summed E-state index contributed by atoms with van der Waals surface area (Å²) in [6.07, 6.45) is 4.27. The van der Waals surface area contributed by atoms with E-state index in [2.05, 4.69) is 24.1 Å². The van der Waals surface area contributed by atoms with Crippen molar-refractivity contribution in [3.63, 3.8) is 0 Å². The van der Waals surface area contributed by atoms with Gasteiger partial charge in [-0.25, -0.2) is 0 Å². The maximum Gasteiger partial charge on any atom is 0.312 e. The summed E-state index contributed by atoms with van der Waals surface area (Å²) in [6, 6.07) is 0.00711. The van der Waals surface area contributed by atoms with Crippen LogP contribution in [0.3, 0.4) is 0 Å². The van der Waals surface area contributed by atoms with E-state index < -0.39 is 11.8 Å². The van der Waals surface area contributed by atoms with Crippen LogP contribution in [0.2, 0.25) is 0 Å². The average Bonchev–Trinajstić information content (AvgIpc) is 2.55. The lowest BCUT2D eigenvalue weighted by atomic mass is 9.99. The highest BCUT2D eigenvalue weighted by atomic mass is 16.3. The van der Waals surface area contributed by atoms with Crippen LogP contribution in [-0.2, 0) is 9.59 Å². The van der Waals surface area contributed by atoms with E-state index >= 15 is 0 Å². The summed E-state index contributed by atoms with van der Waals surface area (Å²) in [5.41, 5.74) is 0. The molecule has 1 aliphatic heterocycles. The summed E-state index contributed by atoms with van der Waals surface area (Å²) in [4.78, 5) is 28.2. The van der Waals surface area contributed by atoms with Gasteiger partial charge >= 0.3 is 11.8 Å². The van der Waals surface area contributed by atoms with Crippen molar-refractivity contribution in [3.05, 3.63) is 0 Å². The molecule has 1 aliphatic rings. The highest BCUT2D eigenvalue weighted by Crippen LogP contribution is 2.19. The van der Waals surface area contributed by atoms with Gasteiger partial charge in [0.2, 0.25) is 0 Å². The average molecular weight is 313 g/mol. The molecule has 0 saturated carbocycles. The van der Waals surface area contributed by atoms with Crippen LogP contribution in [0.5, 0.6) is 0 Å². The molecular formula is C16H31N3O3. The van der Waals surface area contributed by atoms with Crippen molar-refractivity contribution in [1.82, 2.24) is 15.1 Å². The SMILES string of the molecule is CCN(CC)CCCNC(=O)C(=O)N1CCCCC1CCO. The van der Waals surface area contributed by atoms with Crippen molar-refractivity contribution in [1.29, 1.82) is 0 Å². The van der Waals surface area contributed by atoms with Crippen LogP contribution in [0.25, 0.3) is 0 Å². The summed E-state index contributed by atoms with van der Waals surface area (Å²) >= 11 is 0. The quantitative estimate of drug-likeness (QED) is 0.508. The lowest BCUT2D eigenvalue weighted by Gasteiger charge is -2.35. The molecule has 0 bridgehead atoms. The van der Waals surface area contributed by atoms with E-state index in [9.17, 15) is 9.59 Å². The van der Waals surface area contributed by atoms with Crippen LogP contribution >= 0.6 is 0 Å². The van der Waals surface area contributed by atoms with E-state index in [0.29, 0.717) is 19.5 Å². The Hall–Kier alpha value is -1.14. The lowest BCUT2D eigenvalue weighted by Crippen LogP contribution is -2.50. The molecule has 1 unspecified atom stereocenters. The second-order valence-electron chi connectivity index (χ2n) is 5.80. The van der Waals surface area contributed by atoms with Gasteiger partial charge in [0.05, 0.1) is 0 Å². The second kappa shape index (κ2) is 10.6. The zero-order valence-corrected chi connectivity index (χ0v) is 14.0. The summed E-state index contributed by atoms with van der Waals surface area (Å²) in [6.45, 7) is 8.36. The highest BCUT2D eigenvalue weighted by Gasteiger charge is 2.30. The number of nitrogens with zero attached hydrogens (tertiary/aromatic N) is 2. The Kier molecular flexibility index (Phi) is 9.08. The predicted octanol–water partition coefficient (Wildman–Crippen LogP) is 0.598. The normalized spacial score (nSPS) is 18.5. The number of rotatable bonds is 8. The van der Waals surface area contributed by atoms with E-state index in [-0.39, 0.29) is 12.6 Å². The van der Waals surface area contributed by atoms with E-state index in [4.69, 9.17) is 5.11 Å². The Morgan fingerprint density at radius 3 is 2.64 bits per heavy atom. The van der Waals surface area contributed by atoms with Gasteiger partial charge in [0.25, 0.3) is 0 Å². The van der Waals surface area contributed by atoms with Gasteiger partial charge in [0.15, 0.2) is 0 Å². The van der Waals surface area contributed by atoms with Crippen molar-refractivity contribution in [3.8, 4) is 0 Å². The molecule has 1 atom stereocenters. The molecule has 0 radical (unpaired) electrons. The predicted molar refractivity (Wildman–Crippen MR) is 86.5 cm³/mol. The lowest BCUT2D eigenvalue weighted by molar-refractivity contribution is -0.148. The molecule has 128 valence electrons. The maximum absolute atomic E-state index is 12.2. The molecule has 1 rings (SSSR count). The van der Waals surface area contributed by atoms with Gasteiger partial charge in [-0.1, -0.05) is 13.8 Å². The van der Waals surface area contributed by atoms with Gasteiger partial charge in [-0.2, -0.15) is 0 Å². The zero-order valence-electron chi connectivity index (χ0n) is 14.0. The smallest absolute Gasteiger partial charge is 0.312 e. The number of carbonyl (C=O) groups is 2. The van der Waals surface area contributed by atoms with Crippen LogP contribution in [0.1, 0.15) is 46.0 Å². The van der Waals surface area contributed by atoms with Gasteiger partial charge < -0.3 is 20.2 Å². The fourth-order valence-corrected chi connectivity index (χ4v) is 2.97. The minimum absolute atomic E-state index is 0.00711. The summed E-state index contributed by atoms with van der Waals surface area (Å²) in [5.74, 6) is -0.953. The van der Waals surface area contributed by atoms with Crippen LogP contribution in [0, 0.1) is 0 Å². The zero-order chi connectivity index (χ0) is 16.4. The Morgan fingerprint density at radius 2 is 2.00 bits per heavy atom.